The van der Waals surface area contributed by atoms with Gasteiger partial charge in [0.1, 0.15) is 0 Å². The van der Waals surface area contributed by atoms with Gasteiger partial charge in [-0.2, -0.15) is 13.2 Å². The Morgan fingerprint density at radius 1 is 1.16 bits per heavy atom. The number of piperazine rings is 1. The van der Waals surface area contributed by atoms with Crippen molar-refractivity contribution in [3.8, 4) is 11.8 Å². The average molecular weight is 521 g/mol. The number of fused-ring (bicyclic) bond motifs is 1. The van der Waals surface area contributed by atoms with E-state index in [1.807, 2.05) is 30.3 Å². The maximum atomic E-state index is 13.7. The molecule has 1 aromatic heterocycles. The number of benzene rings is 1. The van der Waals surface area contributed by atoms with E-state index in [9.17, 15) is 27.6 Å². The molecular weight excluding hydrogens is 493 g/mol. The summed E-state index contributed by atoms with van der Waals surface area (Å²) in [4.78, 5) is 47.1. The molecule has 2 aromatic rings. The molecule has 1 aromatic carbocycles. The van der Waals surface area contributed by atoms with Crippen molar-refractivity contribution >= 4 is 17.5 Å². The van der Waals surface area contributed by atoms with Gasteiger partial charge in [0.15, 0.2) is 17.8 Å². The summed E-state index contributed by atoms with van der Waals surface area (Å²) in [6.45, 7) is 3.46. The lowest BCUT2D eigenvalue weighted by Gasteiger charge is -2.40. The summed E-state index contributed by atoms with van der Waals surface area (Å²) < 4.78 is 41.8. The first-order valence-corrected chi connectivity index (χ1v) is 11.7. The highest BCUT2D eigenvalue weighted by atomic mass is 19.4. The predicted octanol–water partition coefficient (Wildman–Crippen LogP) is 0.649. The van der Waals surface area contributed by atoms with Gasteiger partial charge in [-0.05, 0) is 18.9 Å². The van der Waals surface area contributed by atoms with Gasteiger partial charge >= 0.3 is 17.8 Å². The summed E-state index contributed by atoms with van der Waals surface area (Å²) in [5.41, 5.74) is -0.589. The zero-order chi connectivity index (χ0) is 26.7. The summed E-state index contributed by atoms with van der Waals surface area (Å²) in [5.74, 6) is 2.89. The van der Waals surface area contributed by atoms with Crippen LogP contribution in [0.1, 0.15) is 12.5 Å². The molecule has 10 nitrogen and oxygen atoms in total. The second-order valence-corrected chi connectivity index (χ2v) is 8.60. The molecular formula is C24H27F3N6O4. The standard InChI is InChI=1S/C24H27F3N6O4/c1-3-4-13-31-18-19(29(2)23(36)32(20(18)34)14-10-17-8-6-5-7-9-17)33(37-21(35)24(25,26)27)22(31)30-15-11-28-12-16-30/h5-9,22,28H,10-16H2,1-2H3. The number of rotatable bonds is 6. The molecule has 1 unspecified atom stereocenters. The SMILES string of the molecule is CC#CCN1c2c(n(C)c(=O)n(CCc3ccccc3)c2=O)N(OC(=O)C(F)(F)F)C1N1CCNCC1. The van der Waals surface area contributed by atoms with Crippen molar-refractivity contribution in [2.24, 2.45) is 7.05 Å². The molecule has 4 rings (SSSR count). The van der Waals surface area contributed by atoms with Gasteiger partial charge in [-0.1, -0.05) is 36.3 Å². The smallest absolute Gasteiger partial charge is 0.327 e. The number of aromatic nitrogens is 2. The second kappa shape index (κ2) is 10.7. The number of alkyl halides is 3. The minimum absolute atomic E-state index is 0.0374. The van der Waals surface area contributed by atoms with Crippen molar-refractivity contribution in [2.45, 2.75) is 32.4 Å². The Hall–Kier alpha value is -3.76. The van der Waals surface area contributed by atoms with Crippen LogP contribution >= 0.6 is 0 Å². The van der Waals surface area contributed by atoms with E-state index in [1.165, 1.54) is 11.9 Å². The summed E-state index contributed by atoms with van der Waals surface area (Å²) in [6, 6.07) is 9.27. The first-order chi connectivity index (χ1) is 17.6. The third-order valence-corrected chi connectivity index (χ3v) is 6.26. The maximum Gasteiger partial charge on any atom is 0.493 e. The molecule has 1 atom stereocenters. The van der Waals surface area contributed by atoms with Crippen LogP contribution in [0.4, 0.5) is 24.7 Å². The highest BCUT2D eigenvalue weighted by Crippen LogP contribution is 2.38. The third kappa shape index (κ3) is 5.21. The van der Waals surface area contributed by atoms with Crippen LogP contribution in [0.2, 0.25) is 0 Å². The average Bonchev–Trinajstić information content (AvgIpc) is 3.20. The van der Waals surface area contributed by atoms with E-state index in [2.05, 4.69) is 17.2 Å². The molecule has 37 heavy (non-hydrogen) atoms. The van der Waals surface area contributed by atoms with Crippen LogP contribution in [0.3, 0.4) is 0 Å². The number of hydroxylamine groups is 1. The van der Waals surface area contributed by atoms with Crippen LogP contribution in [0.5, 0.6) is 0 Å². The lowest BCUT2D eigenvalue weighted by molar-refractivity contribution is -0.203. The van der Waals surface area contributed by atoms with Gasteiger partial charge in [-0.15, -0.1) is 11.0 Å². The normalized spacial score (nSPS) is 17.8. The van der Waals surface area contributed by atoms with Crippen LogP contribution in [-0.4, -0.2) is 65.2 Å². The molecule has 13 heteroatoms. The van der Waals surface area contributed by atoms with Crippen molar-refractivity contribution in [3.63, 3.8) is 0 Å². The molecule has 0 radical (unpaired) electrons. The van der Waals surface area contributed by atoms with E-state index in [0.717, 1.165) is 19.8 Å². The lowest BCUT2D eigenvalue weighted by Crippen LogP contribution is -2.61. The first-order valence-electron chi connectivity index (χ1n) is 11.7. The monoisotopic (exact) mass is 520 g/mol. The highest BCUT2D eigenvalue weighted by molar-refractivity contribution is 5.80. The Bertz CT molecular complexity index is 1320. The van der Waals surface area contributed by atoms with Gasteiger partial charge in [-0.3, -0.25) is 18.8 Å². The number of hydrogen-bond donors (Lipinski definition) is 1. The van der Waals surface area contributed by atoms with Crippen molar-refractivity contribution in [3.05, 3.63) is 56.7 Å². The fourth-order valence-corrected chi connectivity index (χ4v) is 4.49. The molecule has 1 saturated heterocycles. The molecule has 0 bridgehead atoms. The van der Waals surface area contributed by atoms with Crippen molar-refractivity contribution in [1.82, 2.24) is 19.4 Å². The number of hydrogen-bond acceptors (Lipinski definition) is 8. The number of anilines is 2. The van der Waals surface area contributed by atoms with E-state index < -0.39 is 29.7 Å². The zero-order valence-electron chi connectivity index (χ0n) is 20.4. The van der Waals surface area contributed by atoms with Crippen molar-refractivity contribution in [1.29, 1.82) is 0 Å². The van der Waals surface area contributed by atoms with E-state index >= 15 is 0 Å². The molecule has 3 heterocycles. The van der Waals surface area contributed by atoms with Crippen molar-refractivity contribution < 1.29 is 22.8 Å². The topological polar surface area (TPSA) is 92.0 Å². The minimum Gasteiger partial charge on any atom is -0.327 e. The van der Waals surface area contributed by atoms with Crippen LogP contribution in [0.25, 0.3) is 0 Å². The Labute approximate surface area is 210 Å². The van der Waals surface area contributed by atoms with Crippen LogP contribution in [0, 0.1) is 11.8 Å². The number of carbonyl (C=O) groups excluding carboxylic acids is 1. The largest absolute Gasteiger partial charge is 0.493 e. The molecule has 2 aliphatic heterocycles. The quantitative estimate of drug-likeness (QED) is 0.556. The van der Waals surface area contributed by atoms with E-state index in [4.69, 9.17) is 4.84 Å². The molecule has 0 aliphatic carbocycles. The number of aryl methyl sites for hydroxylation is 1. The Balaban J connectivity index is 1.86. The van der Waals surface area contributed by atoms with E-state index in [0.29, 0.717) is 32.6 Å². The van der Waals surface area contributed by atoms with Gasteiger partial charge in [0, 0.05) is 39.8 Å². The van der Waals surface area contributed by atoms with E-state index in [-0.39, 0.29) is 24.6 Å². The summed E-state index contributed by atoms with van der Waals surface area (Å²) in [6.07, 6.45) is -6.00. The molecule has 0 amide bonds. The Morgan fingerprint density at radius 2 is 1.84 bits per heavy atom. The molecule has 0 saturated carbocycles. The molecule has 2 aliphatic rings. The molecule has 0 spiro atoms. The van der Waals surface area contributed by atoms with Gasteiger partial charge in [0.2, 0.25) is 0 Å². The Morgan fingerprint density at radius 3 is 2.46 bits per heavy atom. The minimum atomic E-state index is -5.28. The van der Waals surface area contributed by atoms with Gasteiger partial charge < -0.3 is 15.1 Å². The van der Waals surface area contributed by atoms with Gasteiger partial charge in [0.25, 0.3) is 5.56 Å². The summed E-state index contributed by atoms with van der Waals surface area (Å²) in [5, 5.41) is 3.88. The first kappa shape index (κ1) is 26.3. The van der Waals surface area contributed by atoms with Crippen molar-refractivity contribution in [2.75, 3.05) is 42.7 Å². The molecule has 1 N–H and O–H groups in total. The fraction of sp³-hybridized carbons (Fsp3) is 0.458. The highest BCUT2D eigenvalue weighted by Gasteiger charge is 2.50. The lowest BCUT2D eigenvalue weighted by atomic mass is 10.1. The van der Waals surface area contributed by atoms with Gasteiger partial charge in [-0.25, -0.2) is 9.59 Å². The number of carbonyl (C=O) groups is 1. The zero-order valence-corrected chi connectivity index (χ0v) is 20.4. The van der Waals surface area contributed by atoms with Crippen LogP contribution in [-0.2, 0) is 29.6 Å². The van der Waals surface area contributed by atoms with Crippen LogP contribution in [0.15, 0.2) is 39.9 Å². The Kier molecular flexibility index (Phi) is 7.60. The van der Waals surface area contributed by atoms with Gasteiger partial charge in [0.05, 0.1) is 6.54 Å². The predicted molar refractivity (Wildman–Crippen MR) is 130 cm³/mol. The summed E-state index contributed by atoms with van der Waals surface area (Å²) >= 11 is 0. The second-order valence-electron chi connectivity index (χ2n) is 8.60. The maximum absolute atomic E-state index is 13.7. The van der Waals surface area contributed by atoms with E-state index in [1.54, 1.807) is 11.8 Å². The molecule has 1 fully saturated rings. The summed E-state index contributed by atoms with van der Waals surface area (Å²) in [7, 11) is 1.33. The number of nitrogens with one attached hydrogen (secondary N) is 1. The number of halogens is 3. The molecule has 198 valence electrons. The van der Waals surface area contributed by atoms with Crippen LogP contribution < -0.4 is 26.5 Å². The fourth-order valence-electron chi connectivity index (χ4n) is 4.49. The third-order valence-electron chi connectivity index (χ3n) is 6.26. The number of nitrogens with zero attached hydrogens (tertiary/aromatic N) is 5.